The zero-order chi connectivity index (χ0) is 17.0. The van der Waals surface area contributed by atoms with Crippen LogP contribution in [0.3, 0.4) is 0 Å². The first-order chi connectivity index (χ1) is 12.2. The van der Waals surface area contributed by atoms with Gasteiger partial charge in [-0.25, -0.2) is 9.97 Å². The quantitative estimate of drug-likeness (QED) is 0.720. The van der Waals surface area contributed by atoms with Crippen molar-refractivity contribution in [3.63, 3.8) is 0 Å². The Hall–Kier alpha value is -2.56. The molecule has 1 fully saturated rings. The fraction of sp³-hybridized carbons (Fsp3) is 0.400. The van der Waals surface area contributed by atoms with Crippen LogP contribution in [0.5, 0.6) is 0 Å². The van der Waals surface area contributed by atoms with Crippen molar-refractivity contribution >= 4 is 16.8 Å². The predicted octanol–water partition coefficient (Wildman–Crippen LogP) is 3.51. The predicted molar refractivity (Wildman–Crippen MR) is 94.6 cm³/mol. The number of carbonyl (C=O) groups is 1. The van der Waals surface area contributed by atoms with E-state index in [1.807, 2.05) is 4.68 Å². The van der Waals surface area contributed by atoms with Gasteiger partial charge in [-0.3, -0.25) is 9.48 Å². The Morgan fingerprint density at radius 2 is 2.00 bits per heavy atom. The van der Waals surface area contributed by atoms with Gasteiger partial charge in [-0.15, -0.1) is 0 Å². The van der Waals surface area contributed by atoms with Crippen molar-refractivity contribution in [3.8, 4) is 0 Å². The van der Waals surface area contributed by atoms with E-state index in [9.17, 15) is 4.79 Å². The highest BCUT2D eigenvalue weighted by Gasteiger charge is 2.34. The van der Waals surface area contributed by atoms with Gasteiger partial charge in [-0.2, -0.15) is 5.10 Å². The maximum atomic E-state index is 12.8. The van der Waals surface area contributed by atoms with Gasteiger partial charge in [0.25, 0.3) is 0 Å². The molecule has 1 unspecified atom stereocenters. The summed E-state index contributed by atoms with van der Waals surface area (Å²) in [6.07, 6.45) is 8.94. The molecule has 0 N–H and O–H groups in total. The van der Waals surface area contributed by atoms with Crippen molar-refractivity contribution in [2.75, 3.05) is 0 Å². The third-order valence-corrected chi connectivity index (χ3v) is 5.64. The third-order valence-electron chi connectivity index (χ3n) is 5.64. The molecule has 2 aliphatic carbocycles. The SMILES string of the molecule is Cc1ccc2c(c1)C(c1ncnc3nn(C4CCCC4)cc13)C(=O)C2. The van der Waals surface area contributed by atoms with Gasteiger partial charge in [0.2, 0.25) is 0 Å². The lowest BCUT2D eigenvalue weighted by Crippen LogP contribution is -2.10. The molecule has 5 nitrogen and oxygen atoms in total. The molecule has 2 aromatic heterocycles. The number of aryl methyl sites for hydroxylation is 1. The van der Waals surface area contributed by atoms with Gasteiger partial charge < -0.3 is 0 Å². The molecule has 2 heterocycles. The molecule has 126 valence electrons. The minimum absolute atomic E-state index is 0.217. The van der Waals surface area contributed by atoms with E-state index in [1.54, 1.807) is 6.33 Å². The molecule has 0 bridgehead atoms. The summed E-state index contributed by atoms with van der Waals surface area (Å²) >= 11 is 0. The van der Waals surface area contributed by atoms with E-state index in [2.05, 4.69) is 46.4 Å². The van der Waals surface area contributed by atoms with Crippen molar-refractivity contribution in [2.24, 2.45) is 0 Å². The maximum absolute atomic E-state index is 12.8. The van der Waals surface area contributed by atoms with E-state index in [4.69, 9.17) is 0 Å². The maximum Gasteiger partial charge on any atom is 0.184 e. The number of benzene rings is 1. The normalized spacial score (nSPS) is 20.5. The first-order valence-electron chi connectivity index (χ1n) is 9.02. The molecule has 5 heteroatoms. The molecular formula is C20H20N4O. The highest BCUT2D eigenvalue weighted by molar-refractivity contribution is 5.98. The van der Waals surface area contributed by atoms with Gasteiger partial charge in [0.15, 0.2) is 11.4 Å². The van der Waals surface area contributed by atoms with Crippen LogP contribution in [0.2, 0.25) is 0 Å². The smallest absolute Gasteiger partial charge is 0.184 e. The van der Waals surface area contributed by atoms with E-state index < -0.39 is 0 Å². The molecule has 1 saturated carbocycles. The van der Waals surface area contributed by atoms with Gasteiger partial charge >= 0.3 is 0 Å². The van der Waals surface area contributed by atoms with Crippen molar-refractivity contribution in [1.82, 2.24) is 19.7 Å². The summed E-state index contributed by atoms with van der Waals surface area (Å²) in [5.74, 6) is -0.0733. The number of rotatable bonds is 2. The second-order valence-corrected chi connectivity index (χ2v) is 7.32. The molecule has 2 aliphatic rings. The molecule has 0 amide bonds. The first kappa shape index (κ1) is 14.8. The lowest BCUT2D eigenvalue weighted by molar-refractivity contribution is -0.118. The van der Waals surface area contributed by atoms with Gasteiger partial charge in [0.05, 0.1) is 23.0 Å². The largest absolute Gasteiger partial charge is 0.298 e. The number of fused-ring (bicyclic) bond motifs is 2. The second-order valence-electron chi connectivity index (χ2n) is 7.32. The van der Waals surface area contributed by atoms with E-state index in [0.29, 0.717) is 18.1 Å². The van der Waals surface area contributed by atoms with E-state index in [1.165, 1.54) is 31.2 Å². The Morgan fingerprint density at radius 1 is 1.16 bits per heavy atom. The number of hydrogen-bond acceptors (Lipinski definition) is 4. The Kier molecular flexibility index (Phi) is 3.23. The summed E-state index contributed by atoms with van der Waals surface area (Å²) in [5, 5.41) is 5.60. The van der Waals surface area contributed by atoms with Crippen LogP contribution in [-0.4, -0.2) is 25.5 Å². The summed E-state index contributed by atoms with van der Waals surface area (Å²) in [5.41, 5.74) is 4.90. The van der Waals surface area contributed by atoms with Crippen LogP contribution in [0, 0.1) is 6.92 Å². The number of Topliss-reactive ketones (excluding diaryl/α,β-unsaturated/α-hetero) is 1. The molecule has 25 heavy (non-hydrogen) atoms. The molecule has 0 spiro atoms. The van der Waals surface area contributed by atoms with Crippen LogP contribution in [0.1, 0.15) is 60.0 Å². The van der Waals surface area contributed by atoms with Gasteiger partial charge in [0.1, 0.15) is 6.33 Å². The van der Waals surface area contributed by atoms with Crippen LogP contribution in [-0.2, 0) is 11.2 Å². The monoisotopic (exact) mass is 332 g/mol. The summed E-state index contributed by atoms with van der Waals surface area (Å²) in [7, 11) is 0. The molecular weight excluding hydrogens is 312 g/mol. The van der Waals surface area contributed by atoms with Crippen molar-refractivity contribution < 1.29 is 4.79 Å². The van der Waals surface area contributed by atoms with Crippen LogP contribution in [0.15, 0.2) is 30.7 Å². The van der Waals surface area contributed by atoms with E-state index in [0.717, 1.165) is 22.2 Å². The number of aromatic nitrogens is 4. The van der Waals surface area contributed by atoms with Crippen LogP contribution in [0.4, 0.5) is 0 Å². The summed E-state index contributed by atoms with van der Waals surface area (Å²) < 4.78 is 2.05. The van der Waals surface area contributed by atoms with Gasteiger partial charge in [0, 0.05) is 12.6 Å². The minimum atomic E-state index is -0.290. The first-order valence-corrected chi connectivity index (χ1v) is 9.02. The van der Waals surface area contributed by atoms with Crippen LogP contribution >= 0.6 is 0 Å². The topological polar surface area (TPSA) is 60.7 Å². The molecule has 1 atom stereocenters. The van der Waals surface area contributed by atoms with E-state index >= 15 is 0 Å². The number of nitrogens with zero attached hydrogens (tertiary/aromatic N) is 4. The summed E-state index contributed by atoms with van der Waals surface area (Å²) in [6, 6.07) is 6.72. The van der Waals surface area contributed by atoms with Gasteiger partial charge in [-0.05, 0) is 30.9 Å². The highest BCUT2D eigenvalue weighted by atomic mass is 16.1. The summed E-state index contributed by atoms with van der Waals surface area (Å²) in [6.45, 7) is 2.06. The molecule has 0 saturated heterocycles. The number of carbonyl (C=O) groups excluding carboxylic acids is 1. The van der Waals surface area contributed by atoms with Crippen LogP contribution in [0.25, 0.3) is 11.0 Å². The molecule has 0 aliphatic heterocycles. The fourth-order valence-corrected chi connectivity index (χ4v) is 4.37. The summed E-state index contributed by atoms with van der Waals surface area (Å²) in [4.78, 5) is 21.6. The lowest BCUT2D eigenvalue weighted by atomic mass is 9.94. The Morgan fingerprint density at radius 3 is 2.84 bits per heavy atom. The van der Waals surface area contributed by atoms with Crippen molar-refractivity contribution in [2.45, 2.75) is 51.0 Å². The Labute approximate surface area is 146 Å². The fourth-order valence-electron chi connectivity index (χ4n) is 4.37. The molecule has 1 aromatic carbocycles. The van der Waals surface area contributed by atoms with Crippen LogP contribution < -0.4 is 0 Å². The van der Waals surface area contributed by atoms with Gasteiger partial charge in [-0.1, -0.05) is 36.6 Å². The van der Waals surface area contributed by atoms with Crippen molar-refractivity contribution in [1.29, 1.82) is 0 Å². The van der Waals surface area contributed by atoms with Crippen molar-refractivity contribution in [3.05, 3.63) is 53.1 Å². The average Bonchev–Trinajstić information content (AvgIpc) is 3.31. The molecule has 3 aromatic rings. The average molecular weight is 332 g/mol. The Balaban J connectivity index is 1.66. The zero-order valence-corrected chi connectivity index (χ0v) is 14.3. The number of ketones is 1. The lowest BCUT2D eigenvalue weighted by Gasteiger charge is -2.11. The molecule has 5 rings (SSSR count). The third kappa shape index (κ3) is 2.29. The Bertz CT molecular complexity index is 985. The number of hydrogen-bond donors (Lipinski definition) is 0. The van der Waals surface area contributed by atoms with E-state index in [-0.39, 0.29) is 11.7 Å². The minimum Gasteiger partial charge on any atom is -0.298 e. The molecule has 0 radical (unpaired) electrons. The standard InChI is InChI=1S/C20H20N4O/c1-12-6-7-13-9-17(25)18(15(13)8-12)19-16-10-24(14-4-2-3-5-14)23-20(16)22-11-21-19/h6-8,10-11,14,18H,2-5,9H2,1H3. The zero-order valence-electron chi connectivity index (χ0n) is 14.3. The highest BCUT2D eigenvalue weighted by Crippen LogP contribution is 2.38. The second kappa shape index (κ2) is 5.48.